The summed E-state index contributed by atoms with van der Waals surface area (Å²) in [5.41, 5.74) is 0.873. The molecule has 2 atom stereocenters. The van der Waals surface area contributed by atoms with Crippen molar-refractivity contribution in [2.45, 2.75) is 19.4 Å². The molecule has 86 valence electrons. The Morgan fingerprint density at radius 1 is 1.56 bits per heavy atom. The minimum absolute atomic E-state index is 0.0408. The van der Waals surface area contributed by atoms with Crippen LogP contribution >= 0.6 is 0 Å². The number of carboxylic acids is 1. The van der Waals surface area contributed by atoms with E-state index in [0.29, 0.717) is 13.0 Å². The number of para-hydroxylation sites is 2. The normalized spacial score (nSPS) is 22.6. The van der Waals surface area contributed by atoms with Gasteiger partial charge in [0.1, 0.15) is 5.75 Å². The third kappa shape index (κ3) is 2.27. The first-order valence-electron chi connectivity index (χ1n) is 5.43. The largest absolute Gasteiger partial charge is 0.492 e. The molecule has 0 heterocycles. The number of rotatable bonds is 5. The lowest BCUT2D eigenvalue weighted by molar-refractivity contribution is -0.138. The van der Waals surface area contributed by atoms with Crippen molar-refractivity contribution in [1.29, 1.82) is 0 Å². The fourth-order valence-corrected chi connectivity index (χ4v) is 1.69. The number of anilines is 1. The third-order valence-corrected chi connectivity index (χ3v) is 2.64. The summed E-state index contributed by atoms with van der Waals surface area (Å²) in [7, 11) is 0. The SMILES string of the molecule is CCOc1ccccc1NC1CC1C(=O)O. The van der Waals surface area contributed by atoms with E-state index in [1.807, 2.05) is 31.2 Å². The van der Waals surface area contributed by atoms with Gasteiger partial charge in [-0.25, -0.2) is 0 Å². The second-order valence-electron chi connectivity index (χ2n) is 3.86. The molecule has 0 amide bonds. The van der Waals surface area contributed by atoms with E-state index in [4.69, 9.17) is 9.84 Å². The summed E-state index contributed by atoms with van der Waals surface area (Å²) in [5.74, 6) is -0.206. The van der Waals surface area contributed by atoms with Crippen LogP contribution in [0.2, 0.25) is 0 Å². The van der Waals surface area contributed by atoms with Gasteiger partial charge < -0.3 is 15.2 Å². The van der Waals surface area contributed by atoms with Crippen molar-refractivity contribution >= 4 is 11.7 Å². The molecule has 1 aliphatic rings. The van der Waals surface area contributed by atoms with Gasteiger partial charge in [-0.05, 0) is 25.5 Å². The minimum Gasteiger partial charge on any atom is -0.492 e. The standard InChI is InChI=1S/C12H15NO3/c1-2-16-11-6-4-3-5-9(11)13-10-7-8(10)12(14)15/h3-6,8,10,13H,2,7H2,1H3,(H,14,15). The van der Waals surface area contributed by atoms with Gasteiger partial charge in [-0.1, -0.05) is 12.1 Å². The number of aliphatic carboxylic acids is 1. The van der Waals surface area contributed by atoms with E-state index in [1.54, 1.807) is 0 Å². The van der Waals surface area contributed by atoms with Crippen LogP contribution in [0, 0.1) is 5.92 Å². The number of hydrogen-bond donors (Lipinski definition) is 2. The third-order valence-electron chi connectivity index (χ3n) is 2.64. The number of hydrogen-bond acceptors (Lipinski definition) is 3. The smallest absolute Gasteiger partial charge is 0.308 e. The molecule has 0 aliphatic heterocycles. The van der Waals surface area contributed by atoms with Gasteiger partial charge in [-0.2, -0.15) is 0 Å². The molecule has 16 heavy (non-hydrogen) atoms. The van der Waals surface area contributed by atoms with Crippen molar-refractivity contribution < 1.29 is 14.6 Å². The molecule has 2 unspecified atom stereocenters. The maximum atomic E-state index is 10.7. The van der Waals surface area contributed by atoms with Crippen molar-refractivity contribution in [2.24, 2.45) is 5.92 Å². The Morgan fingerprint density at radius 3 is 2.94 bits per heavy atom. The molecule has 1 saturated carbocycles. The molecule has 2 rings (SSSR count). The molecular formula is C12H15NO3. The Hall–Kier alpha value is -1.71. The zero-order chi connectivity index (χ0) is 11.5. The van der Waals surface area contributed by atoms with Gasteiger partial charge in [-0.3, -0.25) is 4.79 Å². The highest BCUT2D eigenvalue weighted by molar-refractivity contribution is 5.76. The number of benzene rings is 1. The van der Waals surface area contributed by atoms with Crippen LogP contribution in [-0.2, 0) is 4.79 Å². The molecule has 4 nitrogen and oxygen atoms in total. The molecule has 0 radical (unpaired) electrons. The van der Waals surface area contributed by atoms with E-state index >= 15 is 0 Å². The first-order chi connectivity index (χ1) is 7.72. The number of nitrogens with one attached hydrogen (secondary N) is 1. The molecule has 1 aromatic carbocycles. The quantitative estimate of drug-likeness (QED) is 0.798. The molecule has 0 saturated heterocycles. The first kappa shape index (κ1) is 10.8. The Labute approximate surface area is 94.2 Å². The molecule has 0 spiro atoms. The number of carboxylic acid groups (broad SMARTS) is 1. The highest BCUT2D eigenvalue weighted by Gasteiger charge is 2.43. The van der Waals surface area contributed by atoms with Crippen molar-refractivity contribution in [3.63, 3.8) is 0 Å². The predicted octanol–water partition coefficient (Wildman–Crippen LogP) is 1.97. The van der Waals surface area contributed by atoms with Crippen LogP contribution in [0.1, 0.15) is 13.3 Å². The van der Waals surface area contributed by atoms with Crippen molar-refractivity contribution in [3.8, 4) is 5.75 Å². The molecule has 4 heteroatoms. The molecule has 0 bridgehead atoms. The van der Waals surface area contributed by atoms with Gasteiger partial charge in [0.2, 0.25) is 0 Å². The van der Waals surface area contributed by atoms with Gasteiger partial charge >= 0.3 is 5.97 Å². The Morgan fingerprint density at radius 2 is 2.31 bits per heavy atom. The highest BCUT2D eigenvalue weighted by Crippen LogP contribution is 2.36. The lowest BCUT2D eigenvalue weighted by Gasteiger charge is -2.11. The fraction of sp³-hybridized carbons (Fsp3) is 0.417. The lowest BCUT2D eigenvalue weighted by Crippen LogP contribution is -2.11. The topological polar surface area (TPSA) is 58.6 Å². The summed E-state index contributed by atoms with van der Waals surface area (Å²) in [6.07, 6.45) is 0.690. The Kier molecular flexibility index (Phi) is 2.99. The Bertz CT molecular complexity index is 392. The average molecular weight is 221 g/mol. The maximum absolute atomic E-state index is 10.7. The average Bonchev–Trinajstić information content (AvgIpc) is 3.01. The first-order valence-corrected chi connectivity index (χ1v) is 5.43. The van der Waals surface area contributed by atoms with Gasteiger partial charge in [0, 0.05) is 6.04 Å². The van der Waals surface area contributed by atoms with Crippen LogP contribution in [0.4, 0.5) is 5.69 Å². The highest BCUT2D eigenvalue weighted by atomic mass is 16.5. The van der Waals surface area contributed by atoms with E-state index in [1.165, 1.54) is 0 Å². The molecule has 0 aromatic heterocycles. The molecule has 1 fully saturated rings. The summed E-state index contributed by atoms with van der Waals surface area (Å²) < 4.78 is 5.45. The number of ether oxygens (including phenoxy) is 1. The van der Waals surface area contributed by atoms with Crippen LogP contribution in [0.3, 0.4) is 0 Å². The maximum Gasteiger partial charge on any atom is 0.308 e. The van der Waals surface area contributed by atoms with Crippen molar-refractivity contribution in [1.82, 2.24) is 0 Å². The van der Waals surface area contributed by atoms with Gasteiger partial charge in [-0.15, -0.1) is 0 Å². The summed E-state index contributed by atoms with van der Waals surface area (Å²) >= 11 is 0. The van der Waals surface area contributed by atoms with Crippen LogP contribution in [-0.4, -0.2) is 23.7 Å². The molecular weight excluding hydrogens is 206 g/mol. The molecule has 2 N–H and O–H groups in total. The van der Waals surface area contributed by atoms with Gasteiger partial charge in [0.15, 0.2) is 0 Å². The zero-order valence-corrected chi connectivity index (χ0v) is 9.14. The van der Waals surface area contributed by atoms with Crippen LogP contribution in [0.15, 0.2) is 24.3 Å². The van der Waals surface area contributed by atoms with E-state index in [2.05, 4.69) is 5.32 Å². The van der Waals surface area contributed by atoms with Crippen molar-refractivity contribution in [3.05, 3.63) is 24.3 Å². The van der Waals surface area contributed by atoms with Crippen LogP contribution < -0.4 is 10.1 Å². The van der Waals surface area contributed by atoms with E-state index in [-0.39, 0.29) is 12.0 Å². The van der Waals surface area contributed by atoms with E-state index in [9.17, 15) is 4.79 Å². The van der Waals surface area contributed by atoms with Crippen LogP contribution in [0.5, 0.6) is 5.75 Å². The Balaban J connectivity index is 2.02. The predicted molar refractivity (Wildman–Crippen MR) is 60.8 cm³/mol. The van der Waals surface area contributed by atoms with Gasteiger partial charge in [0.05, 0.1) is 18.2 Å². The second kappa shape index (κ2) is 4.43. The lowest BCUT2D eigenvalue weighted by atomic mass is 10.3. The summed E-state index contributed by atoms with van der Waals surface area (Å²) in [5, 5.41) is 12.0. The second-order valence-corrected chi connectivity index (χ2v) is 3.86. The summed E-state index contributed by atoms with van der Waals surface area (Å²) in [6, 6.07) is 7.63. The van der Waals surface area contributed by atoms with E-state index in [0.717, 1.165) is 11.4 Å². The number of carbonyl (C=O) groups is 1. The van der Waals surface area contributed by atoms with Crippen LogP contribution in [0.25, 0.3) is 0 Å². The van der Waals surface area contributed by atoms with Gasteiger partial charge in [0.25, 0.3) is 0 Å². The molecule has 1 aromatic rings. The summed E-state index contributed by atoms with van der Waals surface area (Å²) in [6.45, 7) is 2.53. The van der Waals surface area contributed by atoms with E-state index < -0.39 is 5.97 Å². The monoisotopic (exact) mass is 221 g/mol. The zero-order valence-electron chi connectivity index (χ0n) is 9.14. The molecule has 1 aliphatic carbocycles. The minimum atomic E-state index is -0.730. The summed E-state index contributed by atoms with van der Waals surface area (Å²) in [4.78, 5) is 10.7. The van der Waals surface area contributed by atoms with Crippen molar-refractivity contribution in [2.75, 3.05) is 11.9 Å². The fourth-order valence-electron chi connectivity index (χ4n) is 1.69.